The molecule has 1 fully saturated rings. The monoisotopic (exact) mass is 351 g/mol. The van der Waals surface area contributed by atoms with Gasteiger partial charge in [-0.2, -0.15) is 0 Å². The summed E-state index contributed by atoms with van der Waals surface area (Å²) in [6, 6.07) is 5.68. The zero-order valence-corrected chi connectivity index (χ0v) is 14.7. The summed E-state index contributed by atoms with van der Waals surface area (Å²) in [6.45, 7) is 3.91. The first-order valence-corrected chi connectivity index (χ1v) is 8.83. The van der Waals surface area contributed by atoms with Crippen molar-refractivity contribution in [3.63, 3.8) is 0 Å². The Hall–Kier alpha value is -2.96. The largest absolute Gasteiger partial charge is 0.361 e. The number of aryl methyl sites for hydroxylation is 1. The van der Waals surface area contributed by atoms with Gasteiger partial charge in [-0.25, -0.2) is 4.98 Å². The molecule has 3 aromatic heterocycles. The normalized spacial score (nSPS) is 17.4. The first-order chi connectivity index (χ1) is 12.7. The molecule has 1 atom stereocenters. The molecule has 1 aliphatic rings. The minimum absolute atomic E-state index is 0.0723. The van der Waals surface area contributed by atoms with E-state index in [0.717, 1.165) is 37.3 Å². The molecule has 0 N–H and O–H groups in total. The summed E-state index contributed by atoms with van der Waals surface area (Å²) in [5, 5.41) is 3.86. The molecule has 7 heteroatoms. The lowest BCUT2D eigenvalue weighted by Crippen LogP contribution is -2.40. The van der Waals surface area contributed by atoms with Gasteiger partial charge in [-0.1, -0.05) is 11.2 Å². The van der Waals surface area contributed by atoms with Crippen LogP contribution in [0.25, 0.3) is 0 Å². The number of pyridine rings is 1. The van der Waals surface area contributed by atoms with Crippen molar-refractivity contribution in [3.8, 4) is 0 Å². The average molecular weight is 351 g/mol. The second kappa shape index (κ2) is 7.11. The molecule has 0 aliphatic carbocycles. The van der Waals surface area contributed by atoms with Gasteiger partial charge in [0.25, 0.3) is 5.91 Å². The molecule has 134 valence electrons. The SMILES string of the molecule is Cc1cc(C(=O)N2CCC[C@H](c3nccn3Cc3cccnc3)C2)no1. The number of likely N-dealkylation sites (tertiary alicyclic amines) is 1. The highest BCUT2D eigenvalue weighted by atomic mass is 16.5. The fourth-order valence-electron chi connectivity index (χ4n) is 3.50. The van der Waals surface area contributed by atoms with Gasteiger partial charge in [-0.3, -0.25) is 9.78 Å². The van der Waals surface area contributed by atoms with Crippen molar-refractivity contribution >= 4 is 5.91 Å². The lowest BCUT2D eigenvalue weighted by Gasteiger charge is -2.32. The zero-order valence-electron chi connectivity index (χ0n) is 14.7. The molecule has 1 amide bonds. The second-order valence-corrected chi connectivity index (χ2v) is 6.69. The topological polar surface area (TPSA) is 77.1 Å². The molecular formula is C19H21N5O2. The second-order valence-electron chi connectivity index (χ2n) is 6.69. The van der Waals surface area contributed by atoms with Crippen molar-refractivity contribution in [2.24, 2.45) is 0 Å². The van der Waals surface area contributed by atoms with E-state index in [1.807, 2.05) is 29.6 Å². The van der Waals surface area contributed by atoms with E-state index in [9.17, 15) is 4.79 Å². The summed E-state index contributed by atoms with van der Waals surface area (Å²) in [4.78, 5) is 23.3. The summed E-state index contributed by atoms with van der Waals surface area (Å²) < 4.78 is 7.19. The van der Waals surface area contributed by atoms with Crippen LogP contribution in [0.5, 0.6) is 0 Å². The number of rotatable bonds is 4. The van der Waals surface area contributed by atoms with E-state index in [0.29, 0.717) is 18.0 Å². The highest BCUT2D eigenvalue weighted by Crippen LogP contribution is 2.27. The Labute approximate surface area is 151 Å². The van der Waals surface area contributed by atoms with Crippen LogP contribution in [0.15, 0.2) is 47.5 Å². The van der Waals surface area contributed by atoms with Gasteiger partial charge in [0.15, 0.2) is 5.69 Å². The number of amides is 1. The number of piperidine rings is 1. The first kappa shape index (κ1) is 16.5. The number of hydrogen-bond donors (Lipinski definition) is 0. The van der Waals surface area contributed by atoms with Gasteiger partial charge in [0.05, 0.1) is 6.54 Å². The van der Waals surface area contributed by atoms with Gasteiger partial charge in [0, 0.05) is 49.9 Å². The lowest BCUT2D eigenvalue weighted by atomic mass is 9.96. The summed E-state index contributed by atoms with van der Waals surface area (Å²) >= 11 is 0. The van der Waals surface area contributed by atoms with E-state index in [2.05, 4.69) is 25.8 Å². The number of carbonyl (C=O) groups excluding carboxylic acids is 1. The molecule has 3 aromatic rings. The van der Waals surface area contributed by atoms with E-state index in [1.165, 1.54) is 0 Å². The molecule has 0 spiro atoms. The Morgan fingerprint density at radius 3 is 3.08 bits per heavy atom. The van der Waals surface area contributed by atoms with E-state index < -0.39 is 0 Å². The van der Waals surface area contributed by atoms with Crippen LogP contribution in [0, 0.1) is 6.92 Å². The van der Waals surface area contributed by atoms with Crippen LogP contribution in [0.3, 0.4) is 0 Å². The fraction of sp³-hybridized carbons (Fsp3) is 0.368. The number of carbonyl (C=O) groups is 1. The Kier molecular flexibility index (Phi) is 4.51. The van der Waals surface area contributed by atoms with E-state index in [-0.39, 0.29) is 11.8 Å². The van der Waals surface area contributed by atoms with E-state index in [4.69, 9.17) is 4.52 Å². The van der Waals surface area contributed by atoms with Gasteiger partial charge < -0.3 is 14.0 Å². The van der Waals surface area contributed by atoms with Gasteiger partial charge >= 0.3 is 0 Å². The molecule has 4 rings (SSSR count). The molecular weight excluding hydrogens is 330 g/mol. The van der Waals surface area contributed by atoms with Crippen LogP contribution in [0.1, 0.15) is 46.4 Å². The van der Waals surface area contributed by atoms with Crippen molar-refractivity contribution in [1.82, 2.24) is 24.6 Å². The average Bonchev–Trinajstić information content (AvgIpc) is 3.31. The maximum Gasteiger partial charge on any atom is 0.276 e. The molecule has 0 saturated carbocycles. The molecule has 7 nitrogen and oxygen atoms in total. The Balaban J connectivity index is 1.50. The van der Waals surface area contributed by atoms with Crippen LogP contribution < -0.4 is 0 Å². The van der Waals surface area contributed by atoms with Crippen LogP contribution >= 0.6 is 0 Å². The highest BCUT2D eigenvalue weighted by Gasteiger charge is 2.29. The Morgan fingerprint density at radius 1 is 1.38 bits per heavy atom. The van der Waals surface area contributed by atoms with Gasteiger partial charge in [0.2, 0.25) is 0 Å². The van der Waals surface area contributed by atoms with E-state index in [1.54, 1.807) is 19.2 Å². The van der Waals surface area contributed by atoms with E-state index >= 15 is 0 Å². The highest BCUT2D eigenvalue weighted by molar-refractivity contribution is 5.92. The quantitative estimate of drug-likeness (QED) is 0.722. The lowest BCUT2D eigenvalue weighted by molar-refractivity contribution is 0.0693. The third-order valence-corrected chi connectivity index (χ3v) is 4.74. The molecule has 1 saturated heterocycles. The summed E-state index contributed by atoms with van der Waals surface area (Å²) in [5.41, 5.74) is 1.51. The molecule has 1 aliphatic heterocycles. The van der Waals surface area contributed by atoms with Crippen LogP contribution in [-0.4, -0.2) is 43.6 Å². The smallest absolute Gasteiger partial charge is 0.276 e. The zero-order chi connectivity index (χ0) is 17.9. The van der Waals surface area contributed by atoms with Crippen LogP contribution in [0.4, 0.5) is 0 Å². The number of imidazole rings is 1. The van der Waals surface area contributed by atoms with Crippen molar-refractivity contribution in [2.45, 2.75) is 32.2 Å². The standard InChI is InChI=1S/C19H21N5O2/c1-14-10-17(22-26-14)19(25)24-8-3-5-16(13-24)18-21-7-9-23(18)12-15-4-2-6-20-11-15/h2,4,6-7,9-11,16H,3,5,8,12-13H2,1H3/t16-/m0/s1. The Morgan fingerprint density at radius 2 is 2.31 bits per heavy atom. The third kappa shape index (κ3) is 3.37. The molecule has 0 bridgehead atoms. The number of hydrogen-bond acceptors (Lipinski definition) is 5. The van der Waals surface area contributed by atoms with Crippen LogP contribution in [0.2, 0.25) is 0 Å². The summed E-state index contributed by atoms with van der Waals surface area (Å²) in [6.07, 6.45) is 9.43. The summed E-state index contributed by atoms with van der Waals surface area (Å²) in [7, 11) is 0. The van der Waals surface area contributed by atoms with Gasteiger partial charge in [-0.15, -0.1) is 0 Å². The molecule has 0 aromatic carbocycles. The van der Waals surface area contributed by atoms with Crippen molar-refractivity contribution in [1.29, 1.82) is 0 Å². The molecule has 0 radical (unpaired) electrons. The maximum absolute atomic E-state index is 12.7. The minimum Gasteiger partial charge on any atom is -0.361 e. The first-order valence-electron chi connectivity index (χ1n) is 8.83. The maximum atomic E-state index is 12.7. The number of aromatic nitrogens is 4. The van der Waals surface area contributed by atoms with Crippen molar-refractivity contribution in [3.05, 3.63) is 65.8 Å². The third-order valence-electron chi connectivity index (χ3n) is 4.74. The Bertz CT molecular complexity index is 886. The predicted octanol–water partition coefficient (Wildman–Crippen LogP) is 2.64. The van der Waals surface area contributed by atoms with Gasteiger partial charge in [-0.05, 0) is 31.4 Å². The summed E-state index contributed by atoms with van der Waals surface area (Å²) in [5.74, 6) is 1.81. The van der Waals surface area contributed by atoms with Crippen LogP contribution in [-0.2, 0) is 6.54 Å². The van der Waals surface area contributed by atoms with Crippen molar-refractivity contribution in [2.75, 3.05) is 13.1 Å². The number of nitrogens with zero attached hydrogens (tertiary/aromatic N) is 5. The molecule has 26 heavy (non-hydrogen) atoms. The predicted molar refractivity (Wildman–Crippen MR) is 94.7 cm³/mol. The molecule has 4 heterocycles. The van der Waals surface area contributed by atoms with Crippen molar-refractivity contribution < 1.29 is 9.32 Å². The molecule has 0 unspecified atom stereocenters. The van der Waals surface area contributed by atoms with Gasteiger partial charge in [0.1, 0.15) is 11.6 Å². The fourth-order valence-corrected chi connectivity index (χ4v) is 3.50. The minimum atomic E-state index is -0.0723.